The van der Waals surface area contributed by atoms with E-state index in [-0.39, 0.29) is 19.1 Å². The second-order valence-corrected chi connectivity index (χ2v) is 6.83. The largest absolute Gasteiger partial charge is 0.494 e. The number of thioether (sulfide) groups is 1. The Kier molecular flexibility index (Phi) is 8.68. The number of amides is 1. The first-order valence-electron chi connectivity index (χ1n) is 8.90. The van der Waals surface area contributed by atoms with Crippen LogP contribution in [0.25, 0.3) is 0 Å². The summed E-state index contributed by atoms with van der Waals surface area (Å²) in [6.07, 6.45) is 2.01. The summed E-state index contributed by atoms with van der Waals surface area (Å²) in [5.74, 6) is 0.384. The van der Waals surface area contributed by atoms with Crippen LogP contribution in [0.1, 0.15) is 12.5 Å². The molecule has 0 radical (unpaired) electrons. The Morgan fingerprint density at radius 3 is 2.11 bits per heavy atom. The molecule has 0 atom stereocenters. The zero-order valence-electron chi connectivity index (χ0n) is 16.3. The predicted octanol–water partition coefficient (Wildman–Crippen LogP) is 3.39. The maximum Gasteiger partial charge on any atom is 0.344 e. The zero-order chi connectivity index (χ0) is 20.4. The van der Waals surface area contributed by atoms with Gasteiger partial charge in [-0.05, 0) is 55.1 Å². The smallest absolute Gasteiger partial charge is 0.344 e. The maximum absolute atomic E-state index is 12.1. The summed E-state index contributed by atoms with van der Waals surface area (Å²) in [6, 6.07) is 14.9. The van der Waals surface area contributed by atoms with Gasteiger partial charge in [0.25, 0.3) is 5.91 Å². The molecule has 2 rings (SSSR count). The number of carbonyl (C=O) groups is 2. The Morgan fingerprint density at radius 2 is 1.54 bits per heavy atom. The van der Waals surface area contributed by atoms with E-state index in [2.05, 4.69) is 0 Å². The summed E-state index contributed by atoms with van der Waals surface area (Å²) in [4.78, 5) is 26.6. The second-order valence-electron chi connectivity index (χ2n) is 5.95. The summed E-state index contributed by atoms with van der Waals surface area (Å²) in [7, 11) is 1.68. The number of rotatable bonds is 10. The number of hydrogen-bond donors (Lipinski definition) is 0. The van der Waals surface area contributed by atoms with E-state index in [4.69, 9.17) is 14.2 Å². The summed E-state index contributed by atoms with van der Waals surface area (Å²) in [5, 5.41) is 0. The Balaban J connectivity index is 1.71. The minimum absolute atomic E-state index is 0.263. The molecular formula is C21H25NO5S. The molecular weight excluding hydrogens is 378 g/mol. The van der Waals surface area contributed by atoms with Gasteiger partial charge < -0.3 is 19.1 Å². The summed E-state index contributed by atoms with van der Waals surface area (Å²) >= 11 is 1.66. The van der Waals surface area contributed by atoms with Crippen molar-refractivity contribution in [2.75, 3.05) is 33.1 Å². The molecule has 2 aromatic rings. The summed E-state index contributed by atoms with van der Waals surface area (Å²) in [5.41, 5.74) is 1.01. The van der Waals surface area contributed by atoms with Crippen molar-refractivity contribution in [3.05, 3.63) is 54.1 Å². The van der Waals surface area contributed by atoms with Gasteiger partial charge in [0.15, 0.2) is 13.2 Å². The van der Waals surface area contributed by atoms with Gasteiger partial charge in [-0.1, -0.05) is 12.1 Å². The molecule has 0 aromatic heterocycles. The van der Waals surface area contributed by atoms with Crippen molar-refractivity contribution in [3.63, 3.8) is 0 Å². The number of likely N-dealkylation sites (N-methyl/N-ethyl adjacent to an activating group) is 1. The van der Waals surface area contributed by atoms with Crippen molar-refractivity contribution in [2.45, 2.75) is 18.4 Å². The molecule has 6 nitrogen and oxygen atoms in total. The molecule has 150 valence electrons. The highest BCUT2D eigenvalue weighted by atomic mass is 32.2. The Labute approximate surface area is 169 Å². The van der Waals surface area contributed by atoms with Gasteiger partial charge in [-0.15, -0.1) is 11.8 Å². The molecule has 0 N–H and O–H groups in total. The van der Waals surface area contributed by atoms with E-state index in [1.807, 2.05) is 37.4 Å². The van der Waals surface area contributed by atoms with Crippen LogP contribution >= 0.6 is 11.8 Å². The standard InChI is InChI=1S/C21H25NO5S/c1-4-25-17-7-9-18(10-8-17)26-15-21(24)27-14-20(23)22(2)13-16-5-11-19(28-3)12-6-16/h5-12H,4,13-15H2,1-3H3. The van der Waals surface area contributed by atoms with Crippen LogP contribution in [-0.2, 0) is 20.9 Å². The lowest BCUT2D eigenvalue weighted by molar-refractivity contribution is -0.153. The zero-order valence-corrected chi connectivity index (χ0v) is 17.2. The fourth-order valence-electron chi connectivity index (χ4n) is 2.33. The lowest BCUT2D eigenvalue weighted by Crippen LogP contribution is -2.31. The van der Waals surface area contributed by atoms with Gasteiger partial charge in [-0.2, -0.15) is 0 Å². The number of ether oxygens (including phenoxy) is 3. The third-order valence-corrected chi connectivity index (χ3v) is 4.60. The number of benzene rings is 2. The lowest BCUT2D eigenvalue weighted by Gasteiger charge is -2.17. The van der Waals surface area contributed by atoms with Crippen LogP contribution in [0.4, 0.5) is 0 Å². The van der Waals surface area contributed by atoms with Crippen LogP contribution in [-0.4, -0.2) is 49.9 Å². The van der Waals surface area contributed by atoms with Crippen LogP contribution in [0.3, 0.4) is 0 Å². The van der Waals surface area contributed by atoms with E-state index in [0.717, 1.165) is 11.3 Å². The topological polar surface area (TPSA) is 65.1 Å². The number of nitrogens with zero attached hydrogens (tertiary/aromatic N) is 1. The quantitative estimate of drug-likeness (QED) is 0.448. The molecule has 0 aliphatic rings. The molecule has 0 spiro atoms. The van der Waals surface area contributed by atoms with Gasteiger partial charge in [0.2, 0.25) is 0 Å². The highest BCUT2D eigenvalue weighted by Crippen LogP contribution is 2.17. The fraction of sp³-hybridized carbons (Fsp3) is 0.333. The van der Waals surface area contributed by atoms with Crippen molar-refractivity contribution >= 4 is 23.6 Å². The maximum atomic E-state index is 12.1. The van der Waals surface area contributed by atoms with Crippen LogP contribution < -0.4 is 9.47 Å². The van der Waals surface area contributed by atoms with Crippen molar-refractivity contribution in [3.8, 4) is 11.5 Å². The Hall–Kier alpha value is -2.67. The van der Waals surface area contributed by atoms with E-state index >= 15 is 0 Å². The SMILES string of the molecule is CCOc1ccc(OCC(=O)OCC(=O)N(C)Cc2ccc(SC)cc2)cc1. The van der Waals surface area contributed by atoms with Crippen LogP contribution in [0.5, 0.6) is 11.5 Å². The molecule has 0 bridgehead atoms. The molecule has 0 aliphatic carbocycles. The van der Waals surface area contributed by atoms with Gasteiger partial charge in [0.05, 0.1) is 6.61 Å². The van der Waals surface area contributed by atoms with Gasteiger partial charge in [0, 0.05) is 18.5 Å². The average molecular weight is 404 g/mol. The third kappa shape index (κ3) is 7.15. The lowest BCUT2D eigenvalue weighted by atomic mass is 10.2. The minimum Gasteiger partial charge on any atom is -0.494 e. The van der Waals surface area contributed by atoms with Crippen molar-refractivity contribution < 1.29 is 23.8 Å². The van der Waals surface area contributed by atoms with Crippen LogP contribution in [0, 0.1) is 0 Å². The van der Waals surface area contributed by atoms with Crippen molar-refractivity contribution in [1.29, 1.82) is 0 Å². The summed E-state index contributed by atoms with van der Waals surface area (Å²) in [6.45, 7) is 2.36. The second kappa shape index (κ2) is 11.2. The molecule has 0 saturated heterocycles. The number of esters is 1. The first kappa shape index (κ1) is 21.6. The molecule has 28 heavy (non-hydrogen) atoms. The van der Waals surface area contributed by atoms with Crippen LogP contribution in [0.2, 0.25) is 0 Å². The molecule has 7 heteroatoms. The average Bonchev–Trinajstić information content (AvgIpc) is 2.72. The van der Waals surface area contributed by atoms with E-state index in [9.17, 15) is 9.59 Å². The molecule has 0 fully saturated rings. The normalized spacial score (nSPS) is 10.2. The highest BCUT2D eigenvalue weighted by Gasteiger charge is 2.13. The summed E-state index contributed by atoms with van der Waals surface area (Å²) < 4.78 is 15.7. The van der Waals surface area contributed by atoms with Gasteiger partial charge in [-0.3, -0.25) is 4.79 Å². The predicted molar refractivity (Wildman–Crippen MR) is 109 cm³/mol. The highest BCUT2D eigenvalue weighted by molar-refractivity contribution is 7.98. The van der Waals surface area contributed by atoms with E-state index < -0.39 is 5.97 Å². The number of carbonyl (C=O) groups excluding carboxylic acids is 2. The van der Waals surface area contributed by atoms with Crippen molar-refractivity contribution in [1.82, 2.24) is 4.90 Å². The molecule has 1 amide bonds. The first-order valence-corrected chi connectivity index (χ1v) is 10.1. The van der Waals surface area contributed by atoms with E-state index in [1.54, 1.807) is 43.1 Å². The van der Waals surface area contributed by atoms with Gasteiger partial charge in [-0.25, -0.2) is 4.79 Å². The monoisotopic (exact) mass is 403 g/mol. The Bertz CT molecular complexity index is 761. The minimum atomic E-state index is -0.597. The van der Waals surface area contributed by atoms with E-state index in [1.165, 1.54) is 9.80 Å². The van der Waals surface area contributed by atoms with Gasteiger partial charge in [0.1, 0.15) is 11.5 Å². The fourth-order valence-corrected chi connectivity index (χ4v) is 2.74. The van der Waals surface area contributed by atoms with Gasteiger partial charge >= 0.3 is 5.97 Å². The molecule has 0 saturated carbocycles. The van der Waals surface area contributed by atoms with Crippen LogP contribution in [0.15, 0.2) is 53.4 Å². The Morgan fingerprint density at radius 1 is 0.929 bits per heavy atom. The molecule has 2 aromatic carbocycles. The molecule has 0 heterocycles. The molecule has 0 unspecified atom stereocenters. The third-order valence-electron chi connectivity index (χ3n) is 3.85. The molecule has 0 aliphatic heterocycles. The van der Waals surface area contributed by atoms with E-state index in [0.29, 0.717) is 18.9 Å². The number of hydrogen-bond acceptors (Lipinski definition) is 6. The van der Waals surface area contributed by atoms with Crippen molar-refractivity contribution in [2.24, 2.45) is 0 Å². The first-order chi connectivity index (χ1) is 13.5.